The summed E-state index contributed by atoms with van der Waals surface area (Å²) in [5, 5.41) is 18.2. The van der Waals surface area contributed by atoms with Crippen LogP contribution in [0, 0.1) is 0 Å². The van der Waals surface area contributed by atoms with E-state index in [4.69, 9.17) is 10.2 Å². The molecule has 0 aliphatic heterocycles. The first-order valence-corrected chi connectivity index (χ1v) is 3.24. The lowest BCUT2D eigenvalue weighted by atomic mass is 10.1. The van der Waals surface area contributed by atoms with Crippen molar-refractivity contribution in [1.82, 2.24) is 0 Å². The molecule has 0 radical (unpaired) electrons. The van der Waals surface area contributed by atoms with Crippen molar-refractivity contribution in [3.8, 4) is 0 Å². The van der Waals surface area contributed by atoms with Crippen molar-refractivity contribution in [3.05, 3.63) is 24.3 Å². The van der Waals surface area contributed by atoms with Gasteiger partial charge in [-0.1, -0.05) is 18.7 Å². The number of rotatable bonds is 3. The van der Waals surface area contributed by atoms with Gasteiger partial charge in [0.2, 0.25) is 0 Å². The summed E-state index contributed by atoms with van der Waals surface area (Å²) in [7, 11) is 0. The normalized spacial score (nSPS) is 17.2. The Bertz CT molecular complexity index is 138. The maximum Gasteiger partial charge on any atom is 0.104 e. The van der Waals surface area contributed by atoms with Gasteiger partial charge < -0.3 is 10.2 Å². The van der Waals surface area contributed by atoms with E-state index in [0.29, 0.717) is 5.57 Å². The minimum atomic E-state index is -0.837. The molecule has 0 saturated heterocycles. The zero-order valence-corrected chi connectivity index (χ0v) is 6.41. The van der Waals surface area contributed by atoms with E-state index in [1.165, 1.54) is 6.08 Å². The summed E-state index contributed by atoms with van der Waals surface area (Å²) in [6, 6.07) is 0. The number of aliphatic hydroxyl groups excluding tert-OH is 2. The number of hydrogen-bond acceptors (Lipinski definition) is 2. The molecule has 0 amide bonds. The molecule has 0 spiro atoms. The van der Waals surface area contributed by atoms with Crippen molar-refractivity contribution >= 4 is 0 Å². The van der Waals surface area contributed by atoms with Crippen LogP contribution < -0.4 is 0 Å². The predicted molar refractivity (Wildman–Crippen MR) is 41.6 cm³/mol. The molecule has 0 aliphatic carbocycles. The summed E-state index contributed by atoms with van der Waals surface area (Å²) in [6.45, 7) is 6.98. The van der Waals surface area contributed by atoms with Gasteiger partial charge in [-0.05, 0) is 19.4 Å². The molecule has 0 aromatic carbocycles. The molecule has 2 N–H and O–H groups in total. The Balaban J connectivity index is 3.93. The minimum absolute atomic E-state index is 0.575. The maximum atomic E-state index is 9.13. The van der Waals surface area contributed by atoms with Crippen molar-refractivity contribution in [3.63, 3.8) is 0 Å². The van der Waals surface area contributed by atoms with E-state index in [0.717, 1.165) is 0 Å². The SMILES string of the molecule is C=C(C)[C@@H](O)[C@@H](O)/C=C/C. The van der Waals surface area contributed by atoms with Crippen LogP contribution in [-0.4, -0.2) is 22.4 Å². The molecule has 2 heteroatoms. The highest BCUT2D eigenvalue weighted by molar-refractivity contribution is 5.05. The molecule has 0 rings (SSSR count). The average Bonchev–Trinajstić information content (AvgIpc) is 1.87. The molecule has 10 heavy (non-hydrogen) atoms. The van der Waals surface area contributed by atoms with Crippen molar-refractivity contribution < 1.29 is 10.2 Å². The largest absolute Gasteiger partial charge is 0.386 e. The summed E-state index contributed by atoms with van der Waals surface area (Å²) < 4.78 is 0. The lowest BCUT2D eigenvalue weighted by Gasteiger charge is -2.13. The zero-order valence-electron chi connectivity index (χ0n) is 6.41. The molecule has 0 saturated carbocycles. The third kappa shape index (κ3) is 2.80. The number of allylic oxidation sites excluding steroid dienone is 1. The Morgan fingerprint density at radius 2 is 2.00 bits per heavy atom. The van der Waals surface area contributed by atoms with Gasteiger partial charge in [0.1, 0.15) is 12.2 Å². The van der Waals surface area contributed by atoms with Gasteiger partial charge in [0.15, 0.2) is 0 Å². The highest BCUT2D eigenvalue weighted by Gasteiger charge is 2.12. The Morgan fingerprint density at radius 1 is 1.50 bits per heavy atom. The van der Waals surface area contributed by atoms with Gasteiger partial charge >= 0.3 is 0 Å². The van der Waals surface area contributed by atoms with Gasteiger partial charge in [0, 0.05) is 0 Å². The van der Waals surface area contributed by atoms with Crippen LogP contribution in [0.2, 0.25) is 0 Å². The van der Waals surface area contributed by atoms with E-state index in [1.54, 1.807) is 19.9 Å². The molecule has 58 valence electrons. The first-order valence-electron chi connectivity index (χ1n) is 3.24. The van der Waals surface area contributed by atoms with Crippen molar-refractivity contribution in [1.29, 1.82) is 0 Å². The molecular weight excluding hydrogens is 128 g/mol. The summed E-state index contributed by atoms with van der Waals surface area (Å²) in [5.74, 6) is 0. The molecule has 0 aromatic heterocycles. The monoisotopic (exact) mass is 142 g/mol. The Morgan fingerprint density at radius 3 is 2.30 bits per heavy atom. The minimum Gasteiger partial charge on any atom is -0.386 e. The summed E-state index contributed by atoms with van der Waals surface area (Å²) >= 11 is 0. The Labute approximate surface area is 61.5 Å². The first kappa shape index (κ1) is 9.40. The van der Waals surface area contributed by atoms with Crippen LogP contribution >= 0.6 is 0 Å². The summed E-state index contributed by atoms with van der Waals surface area (Å²) in [4.78, 5) is 0. The lowest BCUT2D eigenvalue weighted by molar-refractivity contribution is 0.0734. The second-order valence-electron chi connectivity index (χ2n) is 2.31. The standard InChI is InChI=1S/C8H14O2/c1-4-5-7(9)8(10)6(2)3/h4-5,7-10H,2H2,1,3H3/b5-4+/t7-,8+/m0/s1. The van der Waals surface area contributed by atoms with E-state index < -0.39 is 12.2 Å². The van der Waals surface area contributed by atoms with E-state index in [-0.39, 0.29) is 0 Å². The summed E-state index contributed by atoms with van der Waals surface area (Å²) in [6.07, 6.45) is 1.56. The van der Waals surface area contributed by atoms with Crippen LogP contribution in [0.5, 0.6) is 0 Å². The second kappa shape index (κ2) is 4.25. The number of aliphatic hydroxyl groups is 2. The summed E-state index contributed by atoms with van der Waals surface area (Å²) in [5.41, 5.74) is 0.575. The van der Waals surface area contributed by atoms with Gasteiger partial charge in [-0.25, -0.2) is 0 Å². The van der Waals surface area contributed by atoms with Crippen LogP contribution in [-0.2, 0) is 0 Å². The molecule has 0 aromatic rings. The maximum absolute atomic E-state index is 9.13. The quantitative estimate of drug-likeness (QED) is 0.574. The number of hydrogen-bond donors (Lipinski definition) is 2. The van der Waals surface area contributed by atoms with Gasteiger partial charge in [-0.3, -0.25) is 0 Å². The zero-order chi connectivity index (χ0) is 8.15. The van der Waals surface area contributed by atoms with Gasteiger partial charge in [-0.2, -0.15) is 0 Å². The third-order valence-electron chi connectivity index (χ3n) is 1.22. The Hall–Kier alpha value is -0.600. The van der Waals surface area contributed by atoms with Crippen molar-refractivity contribution in [2.45, 2.75) is 26.1 Å². The molecular formula is C8H14O2. The molecule has 0 fully saturated rings. The van der Waals surface area contributed by atoms with Crippen molar-refractivity contribution in [2.24, 2.45) is 0 Å². The molecule has 2 atom stereocenters. The highest BCUT2D eigenvalue weighted by Crippen LogP contribution is 2.04. The molecule has 2 nitrogen and oxygen atoms in total. The van der Waals surface area contributed by atoms with Gasteiger partial charge in [-0.15, -0.1) is 0 Å². The molecule has 0 aliphatic rings. The average molecular weight is 142 g/mol. The molecule has 0 heterocycles. The van der Waals surface area contributed by atoms with Crippen LogP contribution in [0.25, 0.3) is 0 Å². The smallest absolute Gasteiger partial charge is 0.104 e. The fourth-order valence-corrected chi connectivity index (χ4v) is 0.594. The van der Waals surface area contributed by atoms with Gasteiger partial charge in [0.05, 0.1) is 0 Å². The topological polar surface area (TPSA) is 40.5 Å². The third-order valence-corrected chi connectivity index (χ3v) is 1.22. The van der Waals surface area contributed by atoms with E-state index in [1.807, 2.05) is 0 Å². The first-order chi connectivity index (χ1) is 4.59. The van der Waals surface area contributed by atoms with Crippen LogP contribution in [0.15, 0.2) is 24.3 Å². The van der Waals surface area contributed by atoms with Crippen LogP contribution in [0.3, 0.4) is 0 Å². The van der Waals surface area contributed by atoms with Crippen molar-refractivity contribution in [2.75, 3.05) is 0 Å². The van der Waals surface area contributed by atoms with E-state index >= 15 is 0 Å². The van der Waals surface area contributed by atoms with Gasteiger partial charge in [0.25, 0.3) is 0 Å². The molecule has 0 unspecified atom stereocenters. The molecule has 0 bridgehead atoms. The predicted octanol–water partition coefficient (Wildman–Crippen LogP) is 0.860. The van der Waals surface area contributed by atoms with E-state index in [2.05, 4.69) is 6.58 Å². The lowest BCUT2D eigenvalue weighted by Crippen LogP contribution is -2.24. The van der Waals surface area contributed by atoms with Crippen LogP contribution in [0.1, 0.15) is 13.8 Å². The fraction of sp³-hybridized carbons (Fsp3) is 0.500. The highest BCUT2D eigenvalue weighted by atomic mass is 16.3. The van der Waals surface area contributed by atoms with E-state index in [9.17, 15) is 0 Å². The fourth-order valence-electron chi connectivity index (χ4n) is 0.594. The van der Waals surface area contributed by atoms with Crippen LogP contribution in [0.4, 0.5) is 0 Å². The second-order valence-corrected chi connectivity index (χ2v) is 2.31. The Kier molecular flexibility index (Phi) is 4.00.